The summed E-state index contributed by atoms with van der Waals surface area (Å²) >= 11 is 0. The molecule has 2 aliphatic rings. The topological polar surface area (TPSA) is 35.5 Å². The summed E-state index contributed by atoms with van der Waals surface area (Å²) in [5.74, 6) is 2.28. The molecule has 0 aromatic carbocycles. The van der Waals surface area contributed by atoms with E-state index in [9.17, 15) is 5.11 Å². The first-order chi connectivity index (χ1) is 8.09. The Morgan fingerprint density at radius 3 is 2.24 bits per heavy atom. The minimum atomic E-state index is -0.0449. The second kappa shape index (κ2) is 5.25. The highest BCUT2D eigenvalue weighted by molar-refractivity contribution is 5.02. The molecule has 3 nitrogen and oxygen atoms in total. The first kappa shape index (κ1) is 13.3. The van der Waals surface area contributed by atoms with Crippen LogP contribution in [-0.2, 0) is 0 Å². The van der Waals surface area contributed by atoms with Crippen LogP contribution in [0.2, 0.25) is 0 Å². The molecule has 1 aliphatic heterocycles. The van der Waals surface area contributed by atoms with E-state index in [0.29, 0.717) is 5.92 Å². The van der Waals surface area contributed by atoms with E-state index in [-0.39, 0.29) is 12.1 Å². The van der Waals surface area contributed by atoms with Crippen molar-refractivity contribution in [3.8, 4) is 0 Å². The van der Waals surface area contributed by atoms with E-state index in [2.05, 4.69) is 24.1 Å². The predicted molar refractivity (Wildman–Crippen MR) is 71.0 cm³/mol. The maximum Gasteiger partial charge on any atom is 0.0628 e. The average molecular weight is 240 g/mol. The van der Waals surface area contributed by atoms with Crippen molar-refractivity contribution in [2.45, 2.75) is 38.6 Å². The summed E-state index contributed by atoms with van der Waals surface area (Å²) < 4.78 is 0. The van der Waals surface area contributed by atoms with Gasteiger partial charge in [-0.05, 0) is 44.1 Å². The normalized spacial score (nSPS) is 34.6. The number of hydrogen-bond acceptors (Lipinski definition) is 3. The molecule has 1 heterocycles. The lowest BCUT2D eigenvalue weighted by molar-refractivity contribution is 0.0609. The van der Waals surface area contributed by atoms with E-state index in [1.54, 1.807) is 0 Å². The highest BCUT2D eigenvalue weighted by atomic mass is 16.3. The fraction of sp³-hybridized carbons (Fsp3) is 1.00. The van der Waals surface area contributed by atoms with Crippen molar-refractivity contribution in [2.24, 2.45) is 17.8 Å². The summed E-state index contributed by atoms with van der Waals surface area (Å²) in [5.41, 5.74) is -0.0449. The Hall–Kier alpha value is -0.120. The Labute approximate surface area is 106 Å². The van der Waals surface area contributed by atoms with Gasteiger partial charge in [0.05, 0.1) is 12.1 Å². The van der Waals surface area contributed by atoms with Crippen molar-refractivity contribution in [1.29, 1.82) is 0 Å². The van der Waals surface area contributed by atoms with Gasteiger partial charge in [-0.3, -0.25) is 0 Å². The average Bonchev–Trinajstić information content (AvgIpc) is 3.09. The van der Waals surface area contributed by atoms with Crippen LogP contribution in [-0.4, -0.2) is 48.8 Å². The number of nitrogens with one attached hydrogen (secondary N) is 1. The first-order valence-corrected chi connectivity index (χ1v) is 7.11. The molecule has 17 heavy (non-hydrogen) atoms. The Morgan fingerprint density at radius 1 is 1.24 bits per heavy atom. The standard InChI is InChI=1S/C14H28N2O/c1-11-6-12(2)8-16(7-11)9-14(10-17,15-3)13-4-5-13/h11-13,15,17H,4-10H2,1-3H3. The van der Waals surface area contributed by atoms with Crippen molar-refractivity contribution < 1.29 is 5.11 Å². The van der Waals surface area contributed by atoms with E-state index in [1.807, 2.05) is 7.05 Å². The van der Waals surface area contributed by atoms with Crippen molar-refractivity contribution in [2.75, 3.05) is 33.3 Å². The quantitative estimate of drug-likeness (QED) is 0.761. The fourth-order valence-electron chi connectivity index (χ4n) is 3.63. The molecule has 3 atom stereocenters. The van der Waals surface area contributed by atoms with Crippen LogP contribution in [0.15, 0.2) is 0 Å². The second-order valence-electron chi connectivity index (χ2n) is 6.48. The van der Waals surface area contributed by atoms with Crippen molar-refractivity contribution in [1.82, 2.24) is 10.2 Å². The lowest BCUT2D eigenvalue weighted by Gasteiger charge is -2.42. The molecule has 1 aliphatic carbocycles. The van der Waals surface area contributed by atoms with Gasteiger partial charge in [0.25, 0.3) is 0 Å². The van der Waals surface area contributed by atoms with E-state index < -0.39 is 0 Å². The summed E-state index contributed by atoms with van der Waals surface area (Å²) in [6, 6.07) is 0. The molecular formula is C14H28N2O. The predicted octanol–water partition coefficient (Wildman–Crippen LogP) is 1.32. The Morgan fingerprint density at radius 2 is 1.82 bits per heavy atom. The van der Waals surface area contributed by atoms with Gasteiger partial charge in [-0.15, -0.1) is 0 Å². The number of rotatable bonds is 5. The SMILES string of the molecule is CNC(CO)(CN1CC(C)CC(C)C1)C1CC1. The molecule has 3 heteroatoms. The molecule has 0 spiro atoms. The van der Waals surface area contributed by atoms with Gasteiger partial charge >= 0.3 is 0 Å². The Balaban J connectivity index is 1.97. The molecule has 0 radical (unpaired) electrons. The molecule has 0 amide bonds. The van der Waals surface area contributed by atoms with E-state index in [0.717, 1.165) is 18.4 Å². The number of piperidine rings is 1. The highest BCUT2D eigenvalue weighted by Gasteiger charge is 2.45. The maximum absolute atomic E-state index is 9.76. The zero-order valence-corrected chi connectivity index (χ0v) is 11.6. The summed E-state index contributed by atoms with van der Waals surface area (Å²) in [5, 5.41) is 13.2. The number of likely N-dealkylation sites (tertiary alicyclic amines) is 1. The molecule has 0 aromatic rings. The molecule has 100 valence electrons. The van der Waals surface area contributed by atoms with Crippen LogP contribution in [0.25, 0.3) is 0 Å². The van der Waals surface area contributed by atoms with Crippen LogP contribution in [0.4, 0.5) is 0 Å². The molecule has 0 bridgehead atoms. The molecule has 0 aromatic heterocycles. The van der Waals surface area contributed by atoms with Gasteiger partial charge in [0.15, 0.2) is 0 Å². The van der Waals surface area contributed by atoms with Crippen LogP contribution in [0.1, 0.15) is 33.1 Å². The van der Waals surface area contributed by atoms with E-state index in [4.69, 9.17) is 0 Å². The van der Waals surface area contributed by atoms with Gasteiger partial charge in [-0.25, -0.2) is 0 Å². The monoisotopic (exact) mass is 240 g/mol. The number of nitrogens with zero attached hydrogens (tertiary/aromatic N) is 1. The second-order valence-corrected chi connectivity index (χ2v) is 6.48. The van der Waals surface area contributed by atoms with Gasteiger partial charge in [-0.1, -0.05) is 13.8 Å². The van der Waals surface area contributed by atoms with Crippen LogP contribution in [0.3, 0.4) is 0 Å². The molecule has 2 N–H and O–H groups in total. The van der Waals surface area contributed by atoms with Gasteiger partial charge in [0.2, 0.25) is 0 Å². The zero-order chi connectivity index (χ0) is 12.5. The smallest absolute Gasteiger partial charge is 0.0628 e. The summed E-state index contributed by atoms with van der Waals surface area (Å²) in [7, 11) is 2.01. The molecule has 3 unspecified atom stereocenters. The molecule has 1 saturated heterocycles. The molecule has 2 rings (SSSR count). The maximum atomic E-state index is 9.76. The van der Waals surface area contributed by atoms with Crippen LogP contribution in [0, 0.1) is 17.8 Å². The highest BCUT2D eigenvalue weighted by Crippen LogP contribution is 2.40. The number of aliphatic hydroxyl groups is 1. The third-order valence-corrected chi connectivity index (χ3v) is 4.59. The molecular weight excluding hydrogens is 212 g/mol. The Kier molecular flexibility index (Phi) is 4.11. The van der Waals surface area contributed by atoms with Gasteiger partial charge in [0.1, 0.15) is 0 Å². The van der Waals surface area contributed by atoms with E-state index >= 15 is 0 Å². The minimum absolute atomic E-state index is 0.0449. The van der Waals surface area contributed by atoms with Gasteiger partial charge < -0.3 is 15.3 Å². The van der Waals surface area contributed by atoms with Crippen LogP contribution in [0.5, 0.6) is 0 Å². The number of hydrogen-bond donors (Lipinski definition) is 2. The number of likely N-dealkylation sites (N-methyl/N-ethyl adjacent to an activating group) is 1. The minimum Gasteiger partial charge on any atom is -0.394 e. The summed E-state index contributed by atoms with van der Waals surface area (Å²) in [6.07, 6.45) is 3.91. The van der Waals surface area contributed by atoms with Crippen molar-refractivity contribution >= 4 is 0 Å². The summed E-state index contributed by atoms with van der Waals surface area (Å²) in [4.78, 5) is 2.56. The van der Waals surface area contributed by atoms with Gasteiger partial charge in [0, 0.05) is 19.6 Å². The van der Waals surface area contributed by atoms with Gasteiger partial charge in [-0.2, -0.15) is 0 Å². The van der Waals surface area contributed by atoms with Crippen LogP contribution >= 0.6 is 0 Å². The number of aliphatic hydroxyl groups excluding tert-OH is 1. The third kappa shape index (κ3) is 3.01. The first-order valence-electron chi connectivity index (χ1n) is 7.11. The third-order valence-electron chi connectivity index (χ3n) is 4.59. The van der Waals surface area contributed by atoms with Crippen LogP contribution < -0.4 is 5.32 Å². The lowest BCUT2D eigenvalue weighted by Crippen LogP contribution is -2.58. The van der Waals surface area contributed by atoms with Crippen molar-refractivity contribution in [3.05, 3.63) is 0 Å². The molecule has 2 fully saturated rings. The fourth-order valence-corrected chi connectivity index (χ4v) is 3.63. The lowest BCUT2D eigenvalue weighted by atomic mass is 9.88. The summed E-state index contributed by atoms with van der Waals surface area (Å²) in [6.45, 7) is 8.37. The molecule has 1 saturated carbocycles. The zero-order valence-electron chi connectivity index (χ0n) is 11.6. The largest absolute Gasteiger partial charge is 0.394 e. The van der Waals surface area contributed by atoms with Crippen molar-refractivity contribution in [3.63, 3.8) is 0 Å². The Bertz CT molecular complexity index is 239. The van der Waals surface area contributed by atoms with E-state index in [1.165, 1.54) is 32.4 Å².